The molecule has 7 nitrogen and oxygen atoms in total. The second-order valence-electron chi connectivity index (χ2n) is 4.03. The van der Waals surface area contributed by atoms with E-state index in [2.05, 4.69) is 16.8 Å². The fourth-order valence-corrected chi connectivity index (χ4v) is 2.13. The van der Waals surface area contributed by atoms with Crippen molar-refractivity contribution in [3.63, 3.8) is 0 Å². The molecule has 0 N–H and O–H groups in total. The van der Waals surface area contributed by atoms with Gasteiger partial charge in [-0.2, -0.15) is 5.10 Å². The number of aliphatic imine (C=N–C) groups is 1. The topological polar surface area (TPSA) is 82.5 Å². The fraction of sp³-hybridized carbons (Fsp3) is 0.600. The zero-order chi connectivity index (χ0) is 12.4. The minimum atomic E-state index is -0.426. The summed E-state index contributed by atoms with van der Waals surface area (Å²) in [5, 5.41) is 14.8. The molecule has 0 aromatic carbocycles. The van der Waals surface area contributed by atoms with Gasteiger partial charge in [0.05, 0.1) is 17.6 Å². The van der Waals surface area contributed by atoms with Crippen LogP contribution in [0.3, 0.4) is 0 Å². The van der Waals surface area contributed by atoms with Gasteiger partial charge in [-0.3, -0.25) is 19.8 Å². The second kappa shape index (κ2) is 4.62. The number of hydrogen-bond donors (Lipinski definition) is 0. The standard InChI is InChI=1S/C10H14N4O3/c1-11-5-7-3-4-9(17-7)10-8(14(15)16)6-12-13(10)2/h6-7,9H,1,3-5H2,2H3. The maximum Gasteiger partial charge on any atom is 0.312 e. The number of rotatable bonds is 4. The zero-order valence-corrected chi connectivity index (χ0v) is 9.57. The van der Waals surface area contributed by atoms with Crippen LogP contribution in [0.1, 0.15) is 24.6 Å². The van der Waals surface area contributed by atoms with Crippen molar-refractivity contribution in [2.45, 2.75) is 25.0 Å². The third-order valence-electron chi connectivity index (χ3n) is 2.91. The lowest BCUT2D eigenvalue weighted by Crippen LogP contribution is -2.12. The normalized spacial score (nSPS) is 23.8. The number of ether oxygens (including phenoxy) is 1. The lowest BCUT2D eigenvalue weighted by Gasteiger charge is -2.11. The van der Waals surface area contributed by atoms with Crippen LogP contribution in [0.5, 0.6) is 0 Å². The molecular weight excluding hydrogens is 224 g/mol. The van der Waals surface area contributed by atoms with Crippen LogP contribution in [0.2, 0.25) is 0 Å². The summed E-state index contributed by atoms with van der Waals surface area (Å²) in [4.78, 5) is 14.2. The molecule has 0 saturated carbocycles. The van der Waals surface area contributed by atoms with Crippen molar-refractivity contribution in [1.29, 1.82) is 0 Å². The van der Waals surface area contributed by atoms with Crippen LogP contribution in [-0.4, -0.2) is 34.1 Å². The third-order valence-corrected chi connectivity index (χ3v) is 2.91. The molecule has 1 aliphatic heterocycles. The Morgan fingerprint density at radius 2 is 2.53 bits per heavy atom. The SMILES string of the molecule is C=NCC1CCC(c2c([N+](=O)[O-])cnn2C)O1. The first-order chi connectivity index (χ1) is 8.13. The van der Waals surface area contributed by atoms with Crippen LogP contribution in [-0.2, 0) is 11.8 Å². The summed E-state index contributed by atoms with van der Waals surface area (Å²) >= 11 is 0. The first-order valence-electron chi connectivity index (χ1n) is 5.37. The van der Waals surface area contributed by atoms with Gasteiger partial charge in [0.15, 0.2) is 0 Å². The molecule has 2 rings (SSSR count). The van der Waals surface area contributed by atoms with E-state index in [1.165, 1.54) is 10.9 Å². The van der Waals surface area contributed by atoms with Crippen molar-refractivity contribution >= 4 is 12.4 Å². The zero-order valence-electron chi connectivity index (χ0n) is 9.57. The molecule has 0 radical (unpaired) electrons. The Morgan fingerprint density at radius 1 is 1.76 bits per heavy atom. The van der Waals surface area contributed by atoms with Gasteiger partial charge in [0, 0.05) is 7.05 Å². The van der Waals surface area contributed by atoms with Crippen LogP contribution >= 0.6 is 0 Å². The first-order valence-corrected chi connectivity index (χ1v) is 5.37. The monoisotopic (exact) mass is 238 g/mol. The molecule has 1 saturated heterocycles. The highest BCUT2D eigenvalue weighted by Crippen LogP contribution is 2.36. The van der Waals surface area contributed by atoms with Crippen LogP contribution < -0.4 is 0 Å². The second-order valence-corrected chi connectivity index (χ2v) is 4.03. The number of hydrogen-bond acceptors (Lipinski definition) is 5. The molecule has 0 aliphatic carbocycles. The summed E-state index contributed by atoms with van der Waals surface area (Å²) < 4.78 is 7.23. The highest BCUT2D eigenvalue weighted by atomic mass is 16.6. The summed E-state index contributed by atoms with van der Waals surface area (Å²) in [5.74, 6) is 0. The number of nitrogens with zero attached hydrogens (tertiary/aromatic N) is 4. The van der Waals surface area contributed by atoms with Gasteiger partial charge < -0.3 is 4.74 Å². The van der Waals surface area contributed by atoms with Gasteiger partial charge in [-0.05, 0) is 19.6 Å². The number of aromatic nitrogens is 2. The Morgan fingerprint density at radius 3 is 3.18 bits per heavy atom. The fourth-order valence-electron chi connectivity index (χ4n) is 2.13. The molecule has 2 heterocycles. The predicted molar refractivity (Wildman–Crippen MR) is 61.1 cm³/mol. The average Bonchev–Trinajstić information content (AvgIpc) is 2.85. The van der Waals surface area contributed by atoms with Crippen molar-refractivity contribution in [3.8, 4) is 0 Å². The molecule has 2 unspecified atom stereocenters. The first kappa shape index (κ1) is 11.7. The molecule has 92 valence electrons. The van der Waals surface area contributed by atoms with Gasteiger partial charge in [-0.1, -0.05) is 0 Å². The summed E-state index contributed by atoms with van der Waals surface area (Å²) in [6, 6.07) is 0. The van der Waals surface area contributed by atoms with Crippen molar-refractivity contribution in [1.82, 2.24) is 9.78 Å². The molecule has 0 spiro atoms. The molecule has 0 bridgehead atoms. The van der Waals surface area contributed by atoms with Gasteiger partial charge in [0.2, 0.25) is 0 Å². The molecule has 7 heteroatoms. The average molecular weight is 238 g/mol. The predicted octanol–water partition coefficient (Wildman–Crippen LogP) is 1.25. The van der Waals surface area contributed by atoms with Crippen LogP contribution in [0.25, 0.3) is 0 Å². The third kappa shape index (κ3) is 2.19. The van der Waals surface area contributed by atoms with Gasteiger partial charge in [0.1, 0.15) is 18.0 Å². The van der Waals surface area contributed by atoms with E-state index in [9.17, 15) is 10.1 Å². The van der Waals surface area contributed by atoms with Crippen molar-refractivity contribution in [3.05, 3.63) is 22.0 Å². The highest BCUT2D eigenvalue weighted by Gasteiger charge is 2.34. The van der Waals surface area contributed by atoms with E-state index in [1.54, 1.807) is 7.05 Å². The summed E-state index contributed by atoms with van der Waals surface area (Å²) in [7, 11) is 1.69. The molecule has 1 aromatic rings. The molecule has 0 amide bonds. The maximum atomic E-state index is 10.9. The quantitative estimate of drug-likeness (QED) is 0.449. The van der Waals surface area contributed by atoms with E-state index in [0.29, 0.717) is 12.2 Å². The summed E-state index contributed by atoms with van der Waals surface area (Å²) in [5.41, 5.74) is 0.547. The lowest BCUT2D eigenvalue weighted by molar-refractivity contribution is -0.386. The molecule has 1 aliphatic rings. The molecule has 1 aromatic heterocycles. The highest BCUT2D eigenvalue weighted by molar-refractivity contribution is 5.35. The van der Waals surface area contributed by atoms with Crippen LogP contribution in [0.15, 0.2) is 11.2 Å². The van der Waals surface area contributed by atoms with Gasteiger partial charge in [0.25, 0.3) is 0 Å². The van der Waals surface area contributed by atoms with E-state index in [4.69, 9.17) is 4.74 Å². The summed E-state index contributed by atoms with van der Waals surface area (Å²) in [6.07, 6.45) is 2.59. The van der Waals surface area contributed by atoms with Crippen LogP contribution in [0, 0.1) is 10.1 Å². The van der Waals surface area contributed by atoms with E-state index < -0.39 is 4.92 Å². The van der Waals surface area contributed by atoms with Crippen molar-refractivity contribution in [2.75, 3.05) is 6.54 Å². The maximum absolute atomic E-state index is 10.9. The Bertz CT molecular complexity index is 443. The molecule has 1 fully saturated rings. The largest absolute Gasteiger partial charge is 0.366 e. The van der Waals surface area contributed by atoms with Crippen molar-refractivity contribution in [2.24, 2.45) is 12.0 Å². The van der Waals surface area contributed by atoms with E-state index >= 15 is 0 Å². The molecule has 2 atom stereocenters. The van der Waals surface area contributed by atoms with Gasteiger partial charge in [-0.25, -0.2) is 0 Å². The molecular formula is C10H14N4O3. The van der Waals surface area contributed by atoms with E-state index in [1.807, 2.05) is 0 Å². The minimum absolute atomic E-state index is 0.00649. The van der Waals surface area contributed by atoms with Gasteiger partial charge in [-0.15, -0.1) is 0 Å². The number of aryl methyl sites for hydroxylation is 1. The summed E-state index contributed by atoms with van der Waals surface area (Å²) in [6.45, 7) is 3.95. The number of nitro groups is 1. The Kier molecular flexibility index (Phi) is 3.19. The van der Waals surface area contributed by atoms with Crippen molar-refractivity contribution < 1.29 is 9.66 Å². The Labute approximate surface area is 98.2 Å². The lowest BCUT2D eigenvalue weighted by atomic mass is 10.1. The minimum Gasteiger partial charge on any atom is -0.366 e. The van der Waals surface area contributed by atoms with Gasteiger partial charge >= 0.3 is 5.69 Å². The smallest absolute Gasteiger partial charge is 0.312 e. The Hall–Kier alpha value is -1.76. The molecule has 17 heavy (non-hydrogen) atoms. The van der Waals surface area contributed by atoms with E-state index in [0.717, 1.165) is 12.8 Å². The Balaban J connectivity index is 2.20. The van der Waals surface area contributed by atoms with E-state index in [-0.39, 0.29) is 17.9 Å². The van der Waals surface area contributed by atoms with Crippen LogP contribution in [0.4, 0.5) is 5.69 Å².